The van der Waals surface area contributed by atoms with Crippen molar-refractivity contribution in [1.29, 1.82) is 0 Å². The van der Waals surface area contributed by atoms with Crippen molar-refractivity contribution < 1.29 is 4.74 Å². The van der Waals surface area contributed by atoms with Crippen LogP contribution in [0.15, 0.2) is 42.5 Å². The summed E-state index contributed by atoms with van der Waals surface area (Å²) < 4.78 is 8.41. The van der Waals surface area contributed by atoms with Gasteiger partial charge in [-0.3, -0.25) is 4.90 Å². The van der Waals surface area contributed by atoms with Crippen LogP contribution in [-0.2, 0) is 13.1 Å². The Morgan fingerprint density at radius 3 is 2.48 bits per heavy atom. The number of fused-ring (bicyclic) bond motifs is 1. The summed E-state index contributed by atoms with van der Waals surface area (Å²) in [7, 11) is 0. The maximum Gasteiger partial charge on any atom is 0.124 e. The number of aromatic nitrogens is 2. The van der Waals surface area contributed by atoms with E-state index < -0.39 is 0 Å². The van der Waals surface area contributed by atoms with E-state index in [2.05, 4.69) is 65.8 Å². The van der Waals surface area contributed by atoms with E-state index in [0.717, 1.165) is 30.2 Å². The molecular weight excluding hydrogens is 334 g/mol. The van der Waals surface area contributed by atoms with Crippen molar-refractivity contribution in [1.82, 2.24) is 14.5 Å². The smallest absolute Gasteiger partial charge is 0.124 e. The minimum absolute atomic E-state index is 0.649. The van der Waals surface area contributed by atoms with Crippen molar-refractivity contribution >= 4 is 11.0 Å². The molecule has 0 atom stereocenters. The van der Waals surface area contributed by atoms with E-state index in [0.29, 0.717) is 6.61 Å². The van der Waals surface area contributed by atoms with Crippen molar-refractivity contribution in [3.05, 3.63) is 59.4 Å². The van der Waals surface area contributed by atoms with Gasteiger partial charge in [-0.05, 0) is 75.2 Å². The Labute approximate surface area is 161 Å². The van der Waals surface area contributed by atoms with Gasteiger partial charge in [0.25, 0.3) is 0 Å². The molecule has 27 heavy (non-hydrogen) atoms. The van der Waals surface area contributed by atoms with Gasteiger partial charge < -0.3 is 9.30 Å². The molecule has 1 aromatic heterocycles. The second kappa shape index (κ2) is 8.13. The van der Waals surface area contributed by atoms with Crippen molar-refractivity contribution in [2.24, 2.45) is 0 Å². The number of rotatable bonds is 6. The molecule has 3 aromatic rings. The average molecular weight is 364 g/mol. The zero-order valence-corrected chi connectivity index (χ0v) is 16.4. The van der Waals surface area contributed by atoms with Crippen LogP contribution in [-0.4, -0.2) is 34.1 Å². The van der Waals surface area contributed by atoms with Gasteiger partial charge >= 0.3 is 0 Å². The Morgan fingerprint density at radius 1 is 0.963 bits per heavy atom. The highest BCUT2D eigenvalue weighted by atomic mass is 16.5. The summed E-state index contributed by atoms with van der Waals surface area (Å²) in [6.45, 7) is 8.98. The molecule has 0 bridgehead atoms. The molecule has 1 saturated heterocycles. The van der Waals surface area contributed by atoms with Crippen LogP contribution in [0.2, 0.25) is 0 Å². The minimum Gasteiger partial charge on any atom is -0.492 e. The molecule has 2 heterocycles. The predicted octanol–water partition coefficient (Wildman–Crippen LogP) is 4.72. The van der Waals surface area contributed by atoms with Crippen LogP contribution in [0.4, 0.5) is 0 Å². The quantitative estimate of drug-likeness (QED) is 0.635. The summed E-state index contributed by atoms with van der Waals surface area (Å²) in [5.41, 5.74) is 4.76. The fourth-order valence-electron chi connectivity index (χ4n) is 4.08. The molecule has 1 fully saturated rings. The number of imidazole rings is 1. The number of ether oxygens (including phenoxy) is 1. The first-order chi connectivity index (χ1) is 13.2. The van der Waals surface area contributed by atoms with Gasteiger partial charge in [-0.2, -0.15) is 0 Å². The molecule has 0 unspecified atom stereocenters. The van der Waals surface area contributed by atoms with Gasteiger partial charge in [0.05, 0.1) is 24.1 Å². The van der Waals surface area contributed by atoms with Gasteiger partial charge in [-0.1, -0.05) is 24.6 Å². The topological polar surface area (TPSA) is 30.3 Å². The van der Waals surface area contributed by atoms with Crippen molar-refractivity contribution in [2.75, 3.05) is 19.7 Å². The lowest BCUT2D eigenvalue weighted by atomic mass is 10.1. The van der Waals surface area contributed by atoms with Gasteiger partial charge in [-0.25, -0.2) is 4.98 Å². The number of hydrogen-bond acceptors (Lipinski definition) is 3. The SMILES string of the molecule is Cc1cc(C)cc(OCCn2c(CN3CCCCC3)nc3ccccc32)c1. The Morgan fingerprint density at radius 2 is 1.70 bits per heavy atom. The number of benzene rings is 2. The molecule has 0 spiro atoms. The third kappa shape index (κ3) is 4.33. The van der Waals surface area contributed by atoms with Crippen LogP contribution in [0.1, 0.15) is 36.2 Å². The number of nitrogens with zero attached hydrogens (tertiary/aromatic N) is 3. The molecule has 0 radical (unpaired) electrons. The predicted molar refractivity (Wildman–Crippen MR) is 110 cm³/mol. The van der Waals surface area contributed by atoms with E-state index in [-0.39, 0.29) is 0 Å². The maximum atomic E-state index is 6.07. The lowest BCUT2D eigenvalue weighted by Crippen LogP contribution is -2.30. The monoisotopic (exact) mass is 363 g/mol. The molecule has 1 aliphatic rings. The highest BCUT2D eigenvalue weighted by Crippen LogP contribution is 2.20. The van der Waals surface area contributed by atoms with E-state index in [9.17, 15) is 0 Å². The molecule has 4 heteroatoms. The second-order valence-electron chi connectivity index (χ2n) is 7.68. The molecule has 0 amide bonds. The fourth-order valence-corrected chi connectivity index (χ4v) is 4.08. The number of likely N-dealkylation sites (tertiary alicyclic amines) is 1. The molecular formula is C23H29N3O. The summed E-state index contributed by atoms with van der Waals surface area (Å²) in [4.78, 5) is 7.46. The summed E-state index contributed by atoms with van der Waals surface area (Å²) in [5, 5.41) is 0. The first kappa shape index (κ1) is 18.1. The highest BCUT2D eigenvalue weighted by molar-refractivity contribution is 5.75. The van der Waals surface area contributed by atoms with Crippen LogP contribution < -0.4 is 4.74 Å². The molecule has 1 aliphatic heterocycles. The van der Waals surface area contributed by atoms with Crippen molar-refractivity contribution in [3.63, 3.8) is 0 Å². The van der Waals surface area contributed by atoms with Crippen LogP contribution >= 0.6 is 0 Å². The number of aryl methyl sites for hydroxylation is 2. The van der Waals surface area contributed by atoms with Gasteiger partial charge in [0.2, 0.25) is 0 Å². The first-order valence-corrected chi connectivity index (χ1v) is 10.1. The Hall–Kier alpha value is -2.33. The standard InChI is InChI=1S/C23H29N3O/c1-18-14-19(2)16-20(15-18)27-13-12-26-22-9-5-4-8-21(22)24-23(26)17-25-10-6-3-7-11-25/h4-5,8-9,14-16H,3,6-7,10-13,17H2,1-2H3. The second-order valence-corrected chi connectivity index (χ2v) is 7.68. The van der Waals surface area contributed by atoms with E-state index in [4.69, 9.17) is 9.72 Å². The molecule has 0 saturated carbocycles. The Bertz CT molecular complexity index is 889. The van der Waals surface area contributed by atoms with Crippen LogP contribution in [0.3, 0.4) is 0 Å². The third-order valence-electron chi connectivity index (χ3n) is 5.33. The number of hydrogen-bond donors (Lipinski definition) is 0. The normalized spacial score (nSPS) is 15.3. The summed E-state index contributed by atoms with van der Waals surface area (Å²) >= 11 is 0. The molecule has 2 aromatic carbocycles. The van der Waals surface area contributed by atoms with Crippen LogP contribution in [0, 0.1) is 13.8 Å². The molecule has 0 N–H and O–H groups in total. The molecule has 4 nitrogen and oxygen atoms in total. The lowest BCUT2D eigenvalue weighted by Gasteiger charge is -2.26. The summed E-state index contributed by atoms with van der Waals surface area (Å²) in [6, 6.07) is 14.8. The van der Waals surface area contributed by atoms with Gasteiger partial charge in [0, 0.05) is 0 Å². The maximum absolute atomic E-state index is 6.07. The average Bonchev–Trinajstić information content (AvgIpc) is 2.99. The van der Waals surface area contributed by atoms with Gasteiger partial charge in [0.15, 0.2) is 0 Å². The summed E-state index contributed by atoms with van der Waals surface area (Å²) in [5.74, 6) is 2.11. The molecule has 4 rings (SSSR count). The molecule has 142 valence electrons. The van der Waals surface area contributed by atoms with Crippen molar-refractivity contribution in [2.45, 2.75) is 46.2 Å². The van der Waals surface area contributed by atoms with E-state index in [1.165, 1.54) is 49.0 Å². The summed E-state index contributed by atoms with van der Waals surface area (Å²) in [6.07, 6.45) is 3.96. The van der Waals surface area contributed by atoms with E-state index in [1.807, 2.05) is 0 Å². The van der Waals surface area contributed by atoms with Crippen LogP contribution in [0.5, 0.6) is 5.75 Å². The zero-order chi connectivity index (χ0) is 18.6. The van der Waals surface area contributed by atoms with E-state index in [1.54, 1.807) is 0 Å². The number of para-hydroxylation sites is 2. The number of piperidine rings is 1. The van der Waals surface area contributed by atoms with Gasteiger partial charge in [0.1, 0.15) is 18.2 Å². The zero-order valence-electron chi connectivity index (χ0n) is 16.4. The third-order valence-corrected chi connectivity index (χ3v) is 5.33. The first-order valence-electron chi connectivity index (χ1n) is 10.1. The highest BCUT2D eigenvalue weighted by Gasteiger charge is 2.16. The van der Waals surface area contributed by atoms with Gasteiger partial charge in [-0.15, -0.1) is 0 Å². The van der Waals surface area contributed by atoms with E-state index >= 15 is 0 Å². The largest absolute Gasteiger partial charge is 0.492 e. The van der Waals surface area contributed by atoms with Crippen LogP contribution in [0.25, 0.3) is 11.0 Å². The van der Waals surface area contributed by atoms with Crippen molar-refractivity contribution in [3.8, 4) is 5.75 Å². The lowest BCUT2D eigenvalue weighted by molar-refractivity contribution is 0.211. The Balaban J connectivity index is 1.51. The minimum atomic E-state index is 0.649. The Kier molecular flexibility index (Phi) is 5.44. The molecule has 0 aliphatic carbocycles. The fraction of sp³-hybridized carbons (Fsp3) is 0.435.